The largest absolute Gasteiger partial charge is 0.328 e. The molecule has 1 N–H and O–H groups in total. The zero-order valence-corrected chi connectivity index (χ0v) is 14.6. The molecule has 0 radical (unpaired) electrons. The monoisotopic (exact) mass is 340 g/mol. The lowest BCUT2D eigenvalue weighted by molar-refractivity contribution is -0.123. The summed E-state index contributed by atoms with van der Waals surface area (Å²) in [5.74, 6) is 1.73. The summed E-state index contributed by atoms with van der Waals surface area (Å²) in [6.07, 6.45) is 3.53. The molecule has 6 heteroatoms. The summed E-state index contributed by atoms with van der Waals surface area (Å²) in [5.41, 5.74) is 3.29. The van der Waals surface area contributed by atoms with E-state index in [0.29, 0.717) is 6.42 Å². The van der Waals surface area contributed by atoms with Crippen molar-refractivity contribution in [2.45, 2.75) is 37.9 Å². The van der Waals surface area contributed by atoms with Crippen molar-refractivity contribution in [2.24, 2.45) is 5.92 Å². The molecule has 2 atom stereocenters. The minimum Gasteiger partial charge on any atom is -0.328 e. The van der Waals surface area contributed by atoms with Crippen molar-refractivity contribution in [3.8, 4) is 0 Å². The van der Waals surface area contributed by atoms with Crippen LogP contribution < -0.4 is 5.32 Å². The van der Waals surface area contributed by atoms with Gasteiger partial charge in [-0.05, 0) is 24.7 Å². The molecule has 0 unspecified atom stereocenters. The topological polar surface area (TPSA) is 59.8 Å². The third-order valence-corrected chi connectivity index (χ3v) is 5.30. The molecule has 0 saturated carbocycles. The molecule has 2 aliphatic rings. The number of thioether (sulfide) groups is 1. The van der Waals surface area contributed by atoms with Crippen LogP contribution in [0.1, 0.15) is 36.9 Å². The highest BCUT2D eigenvalue weighted by Crippen LogP contribution is 2.41. The van der Waals surface area contributed by atoms with Crippen molar-refractivity contribution in [1.82, 2.24) is 14.8 Å². The molecule has 0 amide bonds. The van der Waals surface area contributed by atoms with Crippen LogP contribution in [0.5, 0.6) is 0 Å². The molecule has 5 nitrogen and oxygen atoms in total. The molecule has 0 saturated heterocycles. The molecule has 0 fully saturated rings. The minimum absolute atomic E-state index is 0.125. The molecule has 4 rings (SSSR count). The van der Waals surface area contributed by atoms with Crippen molar-refractivity contribution in [3.63, 3.8) is 0 Å². The predicted octanol–water partition coefficient (Wildman–Crippen LogP) is 3.58. The number of carbonyl (C=O) groups excluding carboxylic acids is 1. The maximum atomic E-state index is 12.7. The van der Waals surface area contributed by atoms with E-state index >= 15 is 0 Å². The first-order chi connectivity index (χ1) is 11.7. The van der Waals surface area contributed by atoms with Gasteiger partial charge in [0.1, 0.15) is 5.78 Å². The quantitative estimate of drug-likeness (QED) is 0.866. The number of Topliss-reactive ketones (excluding diaryl/α,β-unsaturated/α-hetero) is 1. The lowest BCUT2D eigenvalue weighted by atomic mass is 9.81. The second-order valence-electron chi connectivity index (χ2n) is 6.22. The van der Waals surface area contributed by atoms with Crippen LogP contribution in [0.3, 0.4) is 0 Å². The minimum atomic E-state index is -0.199. The van der Waals surface area contributed by atoms with Gasteiger partial charge in [0.2, 0.25) is 11.1 Å². The fourth-order valence-electron chi connectivity index (χ4n) is 3.44. The van der Waals surface area contributed by atoms with E-state index in [-0.39, 0.29) is 17.7 Å². The number of hydrogen-bond donors (Lipinski definition) is 1. The Hall–Kier alpha value is -2.08. The van der Waals surface area contributed by atoms with Crippen LogP contribution in [-0.2, 0) is 4.79 Å². The number of hydrogen-bond acceptors (Lipinski definition) is 5. The van der Waals surface area contributed by atoms with Crippen molar-refractivity contribution < 1.29 is 4.79 Å². The number of rotatable bonds is 3. The molecule has 124 valence electrons. The number of nitrogens with zero attached hydrogens (tertiary/aromatic N) is 3. The van der Waals surface area contributed by atoms with E-state index in [4.69, 9.17) is 0 Å². The average Bonchev–Trinajstić information content (AvgIpc) is 2.96. The standard InChI is InChI=1S/C18H20N4OS/c1-3-24-18-20-17-19-13-5-4-6-14(23)15(13)16(22(17)21-18)12-9-7-11(2)8-10-12/h5,7-10,15-16H,3-4,6H2,1-2H3,(H,19,20,21)/t15-,16-/m1/s1. The number of nitrogens with one attached hydrogen (secondary N) is 1. The highest BCUT2D eigenvalue weighted by atomic mass is 32.2. The predicted molar refractivity (Wildman–Crippen MR) is 95.2 cm³/mol. The molecule has 1 aromatic carbocycles. The van der Waals surface area contributed by atoms with Crippen LogP contribution in [0.4, 0.5) is 5.95 Å². The number of aromatic nitrogens is 3. The molecular formula is C18H20N4OS. The van der Waals surface area contributed by atoms with Crippen molar-refractivity contribution >= 4 is 23.5 Å². The van der Waals surface area contributed by atoms with Crippen LogP contribution in [0, 0.1) is 12.8 Å². The fourth-order valence-corrected chi connectivity index (χ4v) is 4.00. The molecule has 2 aromatic rings. The molecule has 24 heavy (non-hydrogen) atoms. The Morgan fingerprint density at radius 2 is 2.12 bits per heavy atom. The van der Waals surface area contributed by atoms with Crippen molar-refractivity contribution in [1.29, 1.82) is 0 Å². The molecule has 1 aliphatic heterocycles. The molecule has 0 spiro atoms. The fraction of sp³-hybridized carbons (Fsp3) is 0.389. The average molecular weight is 340 g/mol. The van der Waals surface area contributed by atoms with Gasteiger partial charge < -0.3 is 5.32 Å². The smallest absolute Gasteiger partial charge is 0.227 e. The Balaban J connectivity index is 1.86. The van der Waals surface area contributed by atoms with Gasteiger partial charge >= 0.3 is 0 Å². The zero-order chi connectivity index (χ0) is 16.7. The summed E-state index contributed by atoms with van der Waals surface area (Å²) >= 11 is 1.62. The summed E-state index contributed by atoms with van der Waals surface area (Å²) in [6, 6.07) is 8.25. The van der Waals surface area contributed by atoms with Gasteiger partial charge in [-0.1, -0.05) is 54.6 Å². The SMILES string of the molecule is CCSc1nc2n(n1)[C@H](c1ccc(C)cc1)[C@H]1C(=O)CCC=C1N2. The summed E-state index contributed by atoms with van der Waals surface area (Å²) in [6.45, 7) is 4.15. The number of fused-ring (bicyclic) bond motifs is 2. The van der Waals surface area contributed by atoms with E-state index in [1.54, 1.807) is 11.8 Å². The molecule has 2 heterocycles. The maximum absolute atomic E-state index is 12.7. The van der Waals surface area contributed by atoms with Gasteiger partial charge in [-0.15, -0.1) is 5.10 Å². The van der Waals surface area contributed by atoms with Gasteiger partial charge in [-0.2, -0.15) is 4.98 Å². The summed E-state index contributed by atoms with van der Waals surface area (Å²) in [7, 11) is 0. The lowest BCUT2D eigenvalue weighted by Gasteiger charge is -2.36. The third kappa shape index (κ3) is 2.55. The van der Waals surface area contributed by atoms with Gasteiger partial charge in [0.15, 0.2) is 0 Å². The van der Waals surface area contributed by atoms with E-state index < -0.39 is 0 Å². The lowest BCUT2D eigenvalue weighted by Crippen LogP contribution is -2.38. The Morgan fingerprint density at radius 1 is 1.33 bits per heavy atom. The Bertz CT molecular complexity index is 809. The van der Waals surface area contributed by atoms with E-state index in [1.807, 2.05) is 4.68 Å². The molecular weight excluding hydrogens is 320 g/mol. The van der Waals surface area contributed by atoms with Crippen LogP contribution >= 0.6 is 11.8 Å². The Labute approximate surface area is 145 Å². The number of aryl methyl sites for hydroxylation is 1. The summed E-state index contributed by atoms with van der Waals surface area (Å²) in [5, 5.41) is 8.76. The first-order valence-corrected chi connectivity index (χ1v) is 9.31. The van der Waals surface area contributed by atoms with Gasteiger partial charge in [0.25, 0.3) is 0 Å². The van der Waals surface area contributed by atoms with E-state index in [2.05, 4.69) is 59.6 Å². The maximum Gasteiger partial charge on any atom is 0.227 e. The molecule has 0 bridgehead atoms. The Kier molecular flexibility index (Phi) is 3.92. The first-order valence-electron chi connectivity index (χ1n) is 8.33. The van der Waals surface area contributed by atoms with E-state index in [0.717, 1.165) is 34.5 Å². The van der Waals surface area contributed by atoms with E-state index in [9.17, 15) is 4.79 Å². The highest BCUT2D eigenvalue weighted by molar-refractivity contribution is 7.99. The van der Waals surface area contributed by atoms with Crippen molar-refractivity contribution in [2.75, 3.05) is 11.1 Å². The van der Waals surface area contributed by atoms with E-state index in [1.165, 1.54) is 5.56 Å². The van der Waals surface area contributed by atoms with Gasteiger partial charge in [0, 0.05) is 12.1 Å². The Morgan fingerprint density at radius 3 is 2.88 bits per heavy atom. The van der Waals surface area contributed by atoms with Crippen LogP contribution in [0.15, 0.2) is 41.2 Å². The number of benzene rings is 1. The second kappa shape index (κ2) is 6.09. The van der Waals surface area contributed by atoms with Crippen LogP contribution in [-0.4, -0.2) is 26.3 Å². The van der Waals surface area contributed by atoms with Gasteiger partial charge in [-0.3, -0.25) is 4.79 Å². The van der Waals surface area contributed by atoms with Crippen molar-refractivity contribution in [3.05, 3.63) is 47.2 Å². The second-order valence-corrected chi connectivity index (χ2v) is 7.45. The van der Waals surface area contributed by atoms with Crippen LogP contribution in [0.2, 0.25) is 0 Å². The number of ketones is 1. The molecule has 1 aromatic heterocycles. The van der Waals surface area contributed by atoms with Gasteiger partial charge in [-0.25, -0.2) is 4.68 Å². The van der Waals surface area contributed by atoms with Crippen LogP contribution in [0.25, 0.3) is 0 Å². The summed E-state index contributed by atoms with van der Waals surface area (Å²) in [4.78, 5) is 17.3. The normalized spacial score (nSPS) is 22.4. The number of anilines is 1. The van der Waals surface area contributed by atoms with Gasteiger partial charge in [0.05, 0.1) is 12.0 Å². The number of carbonyl (C=O) groups is 1. The summed E-state index contributed by atoms with van der Waals surface area (Å²) < 4.78 is 1.90. The number of allylic oxidation sites excluding steroid dienone is 2. The molecule has 1 aliphatic carbocycles. The zero-order valence-electron chi connectivity index (χ0n) is 13.8. The highest BCUT2D eigenvalue weighted by Gasteiger charge is 2.41. The third-order valence-electron chi connectivity index (χ3n) is 4.58. The first kappa shape index (κ1) is 15.4.